The maximum atomic E-state index is 12.4. The molecule has 2 atom stereocenters. The van der Waals surface area contributed by atoms with Crippen LogP contribution < -0.4 is 5.32 Å². The second-order valence-electron chi connectivity index (χ2n) is 5.33. The highest BCUT2D eigenvalue weighted by molar-refractivity contribution is 6.31. The first-order valence-electron chi connectivity index (χ1n) is 6.49. The molecule has 4 nitrogen and oxygen atoms in total. The van der Waals surface area contributed by atoms with Crippen molar-refractivity contribution in [3.05, 3.63) is 23.0 Å². The molecule has 2 aliphatic rings. The van der Waals surface area contributed by atoms with E-state index in [0.29, 0.717) is 22.7 Å². The lowest BCUT2D eigenvalue weighted by molar-refractivity contribution is 0.0776. The van der Waals surface area contributed by atoms with Crippen molar-refractivity contribution in [3.63, 3.8) is 0 Å². The number of piperidine rings is 1. The predicted octanol–water partition coefficient (Wildman–Crippen LogP) is 1.50. The molecule has 3 heterocycles. The zero-order chi connectivity index (χ0) is 12.7. The van der Waals surface area contributed by atoms with Gasteiger partial charge in [0.1, 0.15) is 5.69 Å². The van der Waals surface area contributed by atoms with Gasteiger partial charge in [0.2, 0.25) is 0 Å². The van der Waals surface area contributed by atoms with Crippen LogP contribution in [0.4, 0.5) is 0 Å². The number of aromatic nitrogens is 1. The van der Waals surface area contributed by atoms with Crippen molar-refractivity contribution in [1.82, 2.24) is 14.8 Å². The number of halogens is 1. The maximum absolute atomic E-state index is 12.4. The number of carbonyl (C=O) groups is 1. The lowest BCUT2D eigenvalue weighted by Crippen LogP contribution is -2.41. The molecular weight excluding hydrogens is 250 g/mol. The van der Waals surface area contributed by atoms with Crippen molar-refractivity contribution < 1.29 is 4.79 Å². The van der Waals surface area contributed by atoms with E-state index in [9.17, 15) is 4.79 Å². The first-order chi connectivity index (χ1) is 8.65. The normalized spacial score (nSPS) is 27.3. The number of hydrogen-bond donors (Lipinski definition) is 1. The third-order valence-corrected chi connectivity index (χ3v) is 4.28. The summed E-state index contributed by atoms with van der Waals surface area (Å²) < 4.78 is 1.81. The minimum Gasteiger partial charge on any atom is -0.345 e. The molecule has 2 fully saturated rings. The van der Waals surface area contributed by atoms with Crippen molar-refractivity contribution >= 4 is 17.5 Å². The van der Waals surface area contributed by atoms with Gasteiger partial charge in [0, 0.05) is 32.4 Å². The van der Waals surface area contributed by atoms with Crippen LogP contribution in [0.2, 0.25) is 5.02 Å². The minimum atomic E-state index is 0.0978. The molecule has 2 saturated heterocycles. The average molecular weight is 268 g/mol. The Hall–Kier alpha value is -1.00. The number of likely N-dealkylation sites (tertiary alicyclic amines) is 1. The van der Waals surface area contributed by atoms with Crippen molar-refractivity contribution in [3.8, 4) is 0 Å². The summed E-state index contributed by atoms with van der Waals surface area (Å²) in [7, 11) is 1.86. The van der Waals surface area contributed by atoms with Gasteiger partial charge >= 0.3 is 0 Å². The third-order valence-electron chi connectivity index (χ3n) is 4.08. The molecule has 0 spiro atoms. The number of rotatable bonds is 1. The number of hydrogen-bond acceptors (Lipinski definition) is 2. The van der Waals surface area contributed by atoms with Crippen molar-refractivity contribution in [2.24, 2.45) is 13.0 Å². The van der Waals surface area contributed by atoms with Crippen LogP contribution in [0.3, 0.4) is 0 Å². The summed E-state index contributed by atoms with van der Waals surface area (Å²) in [6, 6.07) is 2.23. The first kappa shape index (κ1) is 12.1. The molecule has 1 amide bonds. The van der Waals surface area contributed by atoms with Crippen LogP contribution in [0.25, 0.3) is 0 Å². The summed E-state index contributed by atoms with van der Waals surface area (Å²) in [5.74, 6) is 0.721. The maximum Gasteiger partial charge on any atom is 0.270 e. The molecule has 2 aliphatic heterocycles. The van der Waals surface area contributed by atoms with Gasteiger partial charge in [-0.1, -0.05) is 11.6 Å². The summed E-state index contributed by atoms with van der Waals surface area (Å²) in [5.41, 5.74) is 0.679. The molecule has 1 N–H and O–H groups in total. The molecule has 0 unspecified atom stereocenters. The van der Waals surface area contributed by atoms with E-state index in [-0.39, 0.29) is 5.91 Å². The zero-order valence-corrected chi connectivity index (χ0v) is 11.3. The topological polar surface area (TPSA) is 37.3 Å². The molecular formula is C13H18ClN3O. The van der Waals surface area contributed by atoms with Crippen LogP contribution in [0.1, 0.15) is 23.3 Å². The van der Waals surface area contributed by atoms with Crippen molar-refractivity contribution in [2.45, 2.75) is 18.9 Å². The molecule has 98 valence electrons. The summed E-state index contributed by atoms with van der Waals surface area (Å²) in [6.07, 6.45) is 4.23. The van der Waals surface area contributed by atoms with Gasteiger partial charge in [0.05, 0.1) is 5.02 Å². The van der Waals surface area contributed by atoms with E-state index in [1.54, 1.807) is 16.8 Å². The molecule has 1 aromatic rings. The monoisotopic (exact) mass is 267 g/mol. The van der Waals surface area contributed by atoms with Crippen LogP contribution in [0.15, 0.2) is 12.3 Å². The quantitative estimate of drug-likeness (QED) is 0.837. The molecule has 0 aromatic carbocycles. The van der Waals surface area contributed by atoms with Gasteiger partial charge < -0.3 is 14.8 Å². The third kappa shape index (κ3) is 2.04. The van der Waals surface area contributed by atoms with Crippen LogP contribution in [0, 0.1) is 5.92 Å². The zero-order valence-electron chi connectivity index (χ0n) is 10.5. The van der Waals surface area contributed by atoms with Crippen molar-refractivity contribution in [2.75, 3.05) is 19.6 Å². The number of aryl methyl sites for hydroxylation is 1. The second kappa shape index (κ2) is 4.59. The molecule has 0 saturated carbocycles. The van der Waals surface area contributed by atoms with Gasteiger partial charge in [0.15, 0.2) is 0 Å². The van der Waals surface area contributed by atoms with Gasteiger partial charge in [-0.3, -0.25) is 4.79 Å². The predicted molar refractivity (Wildman–Crippen MR) is 70.8 cm³/mol. The molecule has 1 aromatic heterocycles. The smallest absolute Gasteiger partial charge is 0.270 e. The van der Waals surface area contributed by atoms with E-state index in [4.69, 9.17) is 11.6 Å². The standard InChI is InChI=1S/C13H18ClN3O/c1-16-7-10(14)5-12(16)13(18)17-6-9-3-2-4-15-11(9)8-17/h5,7,9,11,15H,2-4,6,8H2,1H3/t9-,11+/m0/s1. The van der Waals surface area contributed by atoms with Gasteiger partial charge in [0.25, 0.3) is 5.91 Å². The van der Waals surface area contributed by atoms with Crippen molar-refractivity contribution in [1.29, 1.82) is 0 Å². The Bertz CT molecular complexity index is 457. The Kier molecular flexibility index (Phi) is 3.08. The van der Waals surface area contributed by atoms with E-state index in [0.717, 1.165) is 19.6 Å². The molecule has 18 heavy (non-hydrogen) atoms. The number of nitrogens with one attached hydrogen (secondary N) is 1. The van der Waals surface area contributed by atoms with Crippen LogP contribution in [-0.2, 0) is 7.05 Å². The SMILES string of the molecule is Cn1cc(Cl)cc1C(=O)N1C[C@@H]2CCCN[C@@H]2C1. The Morgan fingerprint density at radius 3 is 3.00 bits per heavy atom. The Morgan fingerprint density at radius 1 is 1.50 bits per heavy atom. The summed E-state index contributed by atoms with van der Waals surface area (Å²) in [6.45, 7) is 2.78. The minimum absolute atomic E-state index is 0.0978. The molecule has 0 aliphatic carbocycles. The number of carbonyl (C=O) groups excluding carboxylic acids is 1. The highest BCUT2D eigenvalue weighted by atomic mass is 35.5. The highest BCUT2D eigenvalue weighted by Crippen LogP contribution is 2.26. The molecule has 0 radical (unpaired) electrons. The Labute approximate surface area is 112 Å². The summed E-state index contributed by atoms with van der Waals surface area (Å²) in [5, 5.41) is 4.13. The van der Waals surface area contributed by atoms with Gasteiger partial charge in [-0.2, -0.15) is 0 Å². The van der Waals surface area contributed by atoms with Crippen LogP contribution >= 0.6 is 11.6 Å². The Balaban J connectivity index is 1.76. The fraction of sp³-hybridized carbons (Fsp3) is 0.615. The average Bonchev–Trinajstić information content (AvgIpc) is 2.91. The van der Waals surface area contributed by atoms with Crippen LogP contribution in [0.5, 0.6) is 0 Å². The van der Waals surface area contributed by atoms with E-state index < -0.39 is 0 Å². The number of nitrogens with zero attached hydrogens (tertiary/aromatic N) is 2. The fourth-order valence-corrected chi connectivity index (χ4v) is 3.36. The molecule has 5 heteroatoms. The van der Waals surface area contributed by atoms with E-state index in [2.05, 4.69) is 5.32 Å². The summed E-state index contributed by atoms with van der Waals surface area (Å²) in [4.78, 5) is 14.4. The van der Waals surface area contributed by atoms with E-state index in [1.165, 1.54) is 12.8 Å². The van der Waals surface area contributed by atoms with Gasteiger partial charge in [-0.05, 0) is 31.4 Å². The summed E-state index contributed by atoms with van der Waals surface area (Å²) >= 11 is 5.93. The second-order valence-corrected chi connectivity index (χ2v) is 5.76. The Morgan fingerprint density at radius 2 is 2.33 bits per heavy atom. The lowest BCUT2D eigenvalue weighted by Gasteiger charge is -2.24. The van der Waals surface area contributed by atoms with Crippen LogP contribution in [-0.4, -0.2) is 41.1 Å². The lowest BCUT2D eigenvalue weighted by atomic mass is 9.94. The largest absolute Gasteiger partial charge is 0.345 e. The number of amides is 1. The first-order valence-corrected chi connectivity index (χ1v) is 6.87. The van der Waals surface area contributed by atoms with E-state index in [1.807, 2.05) is 11.9 Å². The highest BCUT2D eigenvalue weighted by Gasteiger charge is 2.37. The van der Waals surface area contributed by atoms with E-state index >= 15 is 0 Å². The molecule has 0 bridgehead atoms. The number of fused-ring (bicyclic) bond motifs is 1. The fourth-order valence-electron chi connectivity index (χ4n) is 3.11. The van der Waals surface area contributed by atoms with Gasteiger partial charge in [-0.15, -0.1) is 0 Å². The van der Waals surface area contributed by atoms with Gasteiger partial charge in [-0.25, -0.2) is 0 Å². The molecule has 3 rings (SSSR count).